The van der Waals surface area contributed by atoms with Gasteiger partial charge in [0.25, 0.3) is 5.91 Å². The zero-order chi connectivity index (χ0) is 34.3. The number of nitrogens with one attached hydrogen (secondary N) is 2. The molecule has 3 N–H and O–H groups in total. The molecule has 49 heavy (non-hydrogen) atoms. The fourth-order valence-electron chi connectivity index (χ4n) is 6.11. The zero-order valence-corrected chi connectivity index (χ0v) is 28.0. The average Bonchev–Trinajstić information content (AvgIpc) is 3.11. The number of rotatable bonds is 10. The molecule has 1 aliphatic heterocycles. The van der Waals surface area contributed by atoms with Crippen LogP contribution in [0.4, 0.5) is 16.2 Å². The van der Waals surface area contributed by atoms with Crippen LogP contribution in [-0.2, 0) is 6.54 Å². The number of amides is 3. The van der Waals surface area contributed by atoms with Gasteiger partial charge in [-0.1, -0.05) is 73.7 Å². The van der Waals surface area contributed by atoms with E-state index < -0.39 is 12.1 Å². The van der Waals surface area contributed by atoms with Crippen LogP contribution in [0, 0.1) is 5.92 Å². The highest BCUT2D eigenvalue weighted by Gasteiger charge is 2.33. The van der Waals surface area contributed by atoms with E-state index >= 15 is 0 Å². The third kappa shape index (κ3) is 8.20. The van der Waals surface area contributed by atoms with E-state index in [0.717, 1.165) is 27.8 Å². The minimum atomic E-state index is -0.427. The first-order valence-electron chi connectivity index (χ1n) is 16.6. The Morgan fingerprint density at radius 3 is 2.43 bits per heavy atom. The van der Waals surface area contributed by atoms with E-state index in [0.29, 0.717) is 42.3 Å². The van der Waals surface area contributed by atoms with Crippen LogP contribution in [0.15, 0.2) is 115 Å². The summed E-state index contributed by atoms with van der Waals surface area (Å²) in [7, 11) is 2.05. The number of hydrogen-bond donors (Lipinski definition) is 3. The predicted molar refractivity (Wildman–Crippen MR) is 193 cm³/mol. The highest BCUT2D eigenvalue weighted by Crippen LogP contribution is 2.31. The van der Waals surface area contributed by atoms with E-state index in [2.05, 4.69) is 34.6 Å². The lowest BCUT2D eigenvalue weighted by Crippen LogP contribution is -2.49. The fourth-order valence-corrected chi connectivity index (χ4v) is 6.11. The lowest BCUT2D eigenvalue weighted by molar-refractivity contribution is 0.0341. The van der Waals surface area contributed by atoms with Crippen LogP contribution in [-0.4, -0.2) is 65.7 Å². The topological polar surface area (TPSA) is 103 Å². The second-order valence-electron chi connectivity index (χ2n) is 12.7. The first-order valence-corrected chi connectivity index (χ1v) is 16.6. The maximum Gasteiger partial charge on any atom is 0.323 e. The lowest BCUT2D eigenvalue weighted by Gasteiger charge is -2.38. The molecule has 1 heterocycles. The summed E-state index contributed by atoms with van der Waals surface area (Å²) in [6.45, 7) is 5.43. The van der Waals surface area contributed by atoms with Crippen molar-refractivity contribution >= 4 is 34.1 Å². The van der Waals surface area contributed by atoms with Gasteiger partial charge < -0.3 is 30.1 Å². The molecule has 0 bridgehead atoms. The van der Waals surface area contributed by atoms with E-state index in [-0.39, 0.29) is 24.5 Å². The molecule has 3 amide bonds. The van der Waals surface area contributed by atoms with Crippen LogP contribution in [0.25, 0.3) is 10.8 Å². The summed E-state index contributed by atoms with van der Waals surface area (Å²) in [5.41, 5.74) is 2.59. The van der Waals surface area contributed by atoms with Crippen LogP contribution in [0.2, 0.25) is 0 Å². The molecule has 3 atom stereocenters. The summed E-state index contributed by atoms with van der Waals surface area (Å²) in [4.78, 5) is 30.9. The van der Waals surface area contributed by atoms with Gasteiger partial charge in [0.2, 0.25) is 0 Å². The van der Waals surface area contributed by atoms with Crippen molar-refractivity contribution in [2.45, 2.75) is 32.5 Å². The number of hydrogen-bond acceptors (Lipinski definition) is 6. The maximum atomic E-state index is 13.9. The van der Waals surface area contributed by atoms with Crippen LogP contribution in [0.5, 0.6) is 17.2 Å². The molecular formula is C40H42N4O5. The quantitative estimate of drug-likeness (QED) is 0.143. The van der Waals surface area contributed by atoms with Crippen molar-refractivity contribution in [3.05, 3.63) is 126 Å². The number of aliphatic hydroxyl groups is 1. The van der Waals surface area contributed by atoms with Crippen LogP contribution >= 0.6 is 0 Å². The number of likely N-dealkylation sites (N-methyl/N-ethyl adjacent to an activating group) is 1. The third-order valence-electron chi connectivity index (χ3n) is 8.81. The number of ether oxygens (including phenoxy) is 2. The summed E-state index contributed by atoms with van der Waals surface area (Å²) in [5.74, 6) is 1.71. The number of nitrogens with zero attached hydrogens (tertiary/aromatic N) is 2. The smallest absolute Gasteiger partial charge is 0.323 e. The van der Waals surface area contributed by atoms with Gasteiger partial charge >= 0.3 is 6.03 Å². The predicted octanol–water partition coefficient (Wildman–Crippen LogP) is 7.63. The van der Waals surface area contributed by atoms with Crippen molar-refractivity contribution in [3.63, 3.8) is 0 Å². The lowest BCUT2D eigenvalue weighted by atomic mass is 9.99. The van der Waals surface area contributed by atoms with E-state index in [1.54, 1.807) is 23.1 Å². The number of fused-ring (bicyclic) bond motifs is 2. The minimum Gasteiger partial charge on any atom is -0.488 e. The summed E-state index contributed by atoms with van der Waals surface area (Å²) < 4.78 is 12.5. The van der Waals surface area contributed by atoms with Crippen molar-refractivity contribution in [2.24, 2.45) is 5.92 Å². The molecule has 0 spiro atoms. The third-order valence-corrected chi connectivity index (χ3v) is 8.81. The molecule has 9 nitrogen and oxygen atoms in total. The molecule has 0 aliphatic carbocycles. The number of carbonyl (C=O) groups is 2. The second-order valence-corrected chi connectivity index (χ2v) is 12.7. The summed E-state index contributed by atoms with van der Waals surface area (Å²) >= 11 is 0. The van der Waals surface area contributed by atoms with Gasteiger partial charge in [-0.25, -0.2) is 4.79 Å². The molecule has 0 saturated carbocycles. The van der Waals surface area contributed by atoms with Gasteiger partial charge in [-0.15, -0.1) is 0 Å². The molecule has 1 aliphatic rings. The monoisotopic (exact) mass is 658 g/mol. The Hall–Kier alpha value is -5.38. The van der Waals surface area contributed by atoms with E-state index in [9.17, 15) is 14.7 Å². The molecule has 0 radical (unpaired) electrons. The highest BCUT2D eigenvalue weighted by atomic mass is 16.5. The second kappa shape index (κ2) is 15.2. The van der Waals surface area contributed by atoms with Crippen molar-refractivity contribution in [1.82, 2.24) is 9.80 Å². The Bertz CT molecular complexity index is 1890. The van der Waals surface area contributed by atoms with Gasteiger partial charge in [-0.3, -0.25) is 9.69 Å². The normalized spacial score (nSPS) is 16.7. The van der Waals surface area contributed by atoms with E-state index in [1.165, 1.54) is 0 Å². The molecule has 5 aromatic carbocycles. The molecule has 6 rings (SSSR count). The number of benzene rings is 5. The van der Waals surface area contributed by atoms with Crippen LogP contribution in [0.3, 0.4) is 0 Å². The largest absolute Gasteiger partial charge is 0.488 e. The van der Waals surface area contributed by atoms with Gasteiger partial charge in [0, 0.05) is 36.6 Å². The Morgan fingerprint density at radius 1 is 0.939 bits per heavy atom. The summed E-state index contributed by atoms with van der Waals surface area (Å²) in [6.07, 6.45) is -0.251. The molecule has 0 aromatic heterocycles. The molecule has 252 valence electrons. The maximum absolute atomic E-state index is 13.9. The number of urea groups is 1. The van der Waals surface area contributed by atoms with E-state index in [4.69, 9.17) is 9.47 Å². The van der Waals surface area contributed by atoms with Crippen molar-refractivity contribution < 1.29 is 24.2 Å². The summed E-state index contributed by atoms with van der Waals surface area (Å²) in [5, 5.41) is 17.8. The zero-order valence-electron chi connectivity index (χ0n) is 28.0. The Morgan fingerprint density at radius 2 is 1.65 bits per heavy atom. The van der Waals surface area contributed by atoms with Gasteiger partial charge in [0.1, 0.15) is 23.4 Å². The van der Waals surface area contributed by atoms with Crippen molar-refractivity contribution in [3.8, 4) is 17.2 Å². The van der Waals surface area contributed by atoms with Crippen LogP contribution in [0.1, 0.15) is 29.8 Å². The number of carbonyl (C=O) groups excluding carboxylic acids is 2. The van der Waals surface area contributed by atoms with Crippen molar-refractivity contribution in [1.29, 1.82) is 0 Å². The SMILES string of the molecule is C[C@H](CO)N1C[C@H](C)[C@@H](CN(C)Cc2ccc(Oc3ccccc3)cc2)Oc2ccc(NC(=O)Nc3cccc4ccccc34)cc2C1=O. The fraction of sp³-hybridized carbons (Fsp3) is 0.250. The Labute approximate surface area is 287 Å². The van der Waals surface area contributed by atoms with Gasteiger partial charge in [-0.05, 0) is 73.5 Å². The number of para-hydroxylation sites is 1. The standard InChI is InChI=1S/C40H42N4O5/c1-27-23-44(28(2)26-45)39(46)35-22-31(41-40(47)42-36-15-9-11-30-10-7-8-14-34(30)36)18-21-37(35)49-38(27)25-43(3)24-29-16-19-33(20-17-29)48-32-12-5-4-6-13-32/h4-22,27-28,38,45H,23-26H2,1-3H3,(H2,41,42,47)/t27-,28+,38+/m0/s1. The molecular weight excluding hydrogens is 616 g/mol. The number of anilines is 2. The first-order chi connectivity index (χ1) is 23.8. The average molecular weight is 659 g/mol. The minimum absolute atomic E-state index is 0.0283. The van der Waals surface area contributed by atoms with Crippen LogP contribution < -0.4 is 20.1 Å². The first kappa shape index (κ1) is 33.5. The van der Waals surface area contributed by atoms with E-state index in [1.807, 2.05) is 98.9 Å². The Balaban J connectivity index is 1.17. The van der Waals surface area contributed by atoms with Gasteiger partial charge in [0.05, 0.1) is 23.9 Å². The summed E-state index contributed by atoms with van der Waals surface area (Å²) in [6, 6.07) is 35.6. The van der Waals surface area contributed by atoms with Gasteiger partial charge in [0.15, 0.2) is 0 Å². The number of aliphatic hydroxyl groups excluding tert-OH is 1. The molecule has 5 aromatic rings. The van der Waals surface area contributed by atoms with Crippen molar-refractivity contribution in [2.75, 3.05) is 37.4 Å². The van der Waals surface area contributed by atoms with Gasteiger partial charge in [-0.2, -0.15) is 0 Å². The molecule has 0 fully saturated rings. The molecule has 0 unspecified atom stereocenters. The Kier molecular flexibility index (Phi) is 10.4. The molecule has 0 saturated heterocycles. The molecule has 9 heteroatoms. The highest BCUT2D eigenvalue weighted by molar-refractivity contribution is 6.07.